The van der Waals surface area contributed by atoms with E-state index in [1.54, 1.807) is 18.4 Å². The van der Waals surface area contributed by atoms with Gasteiger partial charge in [0.1, 0.15) is 6.54 Å². The largest absolute Gasteiger partial charge is 0.465 e. The normalized spacial score (nSPS) is 12.3. The van der Waals surface area contributed by atoms with Gasteiger partial charge in [0.25, 0.3) is 5.91 Å². The second-order valence-electron chi connectivity index (χ2n) is 7.05. The summed E-state index contributed by atoms with van der Waals surface area (Å²) in [7, 11) is -3.35. The molecule has 1 heterocycles. The highest BCUT2D eigenvalue weighted by Gasteiger charge is 2.16. The summed E-state index contributed by atoms with van der Waals surface area (Å²) in [6, 6.07) is 9.71. The summed E-state index contributed by atoms with van der Waals surface area (Å²) in [5.41, 5.74) is 3.14. The number of hydrogen-bond donors (Lipinski definition) is 0. The molecule has 3 aromatic rings. The number of hydrogen-bond acceptors (Lipinski definition) is 6. The molecule has 0 bridgehead atoms. The molecule has 0 aliphatic rings. The third-order valence-corrected chi connectivity index (χ3v) is 7.72. The molecular formula is C22H24N2O5S2. The van der Waals surface area contributed by atoms with Crippen molar-refractivity contribution in [1.82, 2.24) is 4.57 Å². The molecule has 164 valence electrons. The van der Waals surface area contributed by atoms with Gasteiger partial charge in [-0.1, -0.05) is 24.3 Å². The molecule has 2 aromatic carbocycles. The molecule has 0 N–H and O–H groups in total. The number of ether oxygens (including phenoxy) is 1. The number of fused-ring (bicyclic) bond motifs is 1. The van der Waals surface area contributed by atoms with Crippen LogP contribution in [0.3, 0.4) is 0 Å². The second kappa shape index (κ2) is 9.15. The van der Waals surface area contributed by atoms with Gasteiger partial charge in [0, 0.05) is 5.56 Å². The Bertz CT molecular complexity index is 1320. The van der Waals surface area contributed by atoms with Crippen LogP contribution in [0.1, 0.15) is 35.3 Å². The lowest BCUT2D eigenvalue weighted by Crippen LogP contribution is -2.23. The quantitative estimate of drug-likeness (QED) is 0.526. The molecule has 0 atom stereocenters. The number of amides is 1. The van der Waals surface area contributed by atoms with E-state index in [-0.39, 0.29) is 29.4 Å². The fraction of sp³-hybridized carbons (Fsp3) is 0.318. The lowest BCUT2D eigenvalue weighted by molar-refractivity contribution is -0.143. The minimum Gasteiger partial charge on any atom is -0.465 e. The topological polar surface area (TPSA) is 94.8 Å². The summed E-state index contributed by atoms with van der Waals surface area (Å²) >= 11 is 1.33. The number of rotatable bonds is 6. The van der Waals surface area contributed by atoms with Crippen LogP contribution in [0.15, 0.2) is 46.3 Å². The van der Waals surface area contributed by atoms with Crippen molar-refractivity contribution in [2.45, 2.75) is 39.1 Å². The Kier molecular flexibility index (Phi) is 6.76. The third-order valence-electron chi connectivity index (χ3n) is 4.74. The van der Waals surface area contributed by atoms with Gasteiger partial charge in [-0.3, -0.25) is 9.59 Å². The molecule has 0 fully saturated rings. The molecule has 0 aliphatic carbocycles. The SMILES string of the molecule is CCOC(=O)Cn1c(=NC(=O)c2ccc(S(=O)(=O)CC)cc2)sc2c(C)cc(C)cc21. The molecule has 1 aromatic heterocycles. The highest BCUT2D eigenvalue weighted by atomic mass is 32.2. The maximum atomic E-state index is 12.8. The number of aromatic nitrogens is 1. The van der Waals surface area contributed by atoms with E-state index in [1.807, 2.05) is 26.0 Å². The molecule has 0 radical (unpaired) electrons. The zero-order valence-corrected chi connectivity index (χ0v) is 19.5. The van der Waals surface area contributed by atoms with Crippen molar-refractivity contribution < 1.29 is 22.7 Å². The van der Waals surface area contributed by atoms with Gasteiger partial charge in [0.15, 0.2) is 14.6 Å². The highest BCUT2D eigenvalue weighted by Crippen LogP contribution is 2.23. The van der Waals surface area contributed by atoms with Crippen LogP contribution in [0.4, 0.5) is 0 Å². The first kappa shape index (κ1) is 22.9. The standard InChI is InChI=1S/C22H24N2O5S2/c1-5-29-19(25)13-24-18-12-14(3)11-15(4)20(18)30-22(24)23-21(26)16-7-9-17(10-8-16)31(27,28)6-2/h7-12H,5-6,13H2,1-4H3. The zero-order valence-electron chi connectivity index (χ0n) is 17.8. The van der Waals surface area contributed by atoms with Crippen molar-refractivity contribution in [2.75, 3.05) is 12.4 Å². The van der Waals surface area contributed by atoms with Crippen LogP contribution in [0.25, 0.3) is 10.2 Å². The number of benzene rings is 2. The third kappa shape index (κ3) is 4.94. The van der Waals surface area contributed by atoms with Gasteiger partial charge in [-0.15, -0.1) is 0 Å². The van der Waals surface area contributed by atoms with Crippen LogP contribution in [-0.2, 0) is 25.9 Å². The van der Waals surface area contributed by atoms with Gasteiger partial charge in [0.2, 0.25) is 0 Å². The number of carbonyl (C=O) groups excluding carboxylic acids is 2. The Morgan fingerprint density at radius 1 is 1.10 bits per heavy atom. The van der Waals surface area contributed by atoms with E-state index in [1.165, 1.54) is 35.6 Å². The van der Waals surface area contributed by atoms with Crippen LogP contribution in [0.2, 0.25) is 0 Å². The fourth-order valence-electron chi connectivity index (χ4n) is 3.21. The first-order valence-corrected chi connectivity index (χ1v) is 12.3. The van der Waals surface area contributed by atoms with E-state index >= 15 is 0 Å². The number of esters is 1. The van der Waals surface area contributed by atoms with Crippen molar-refractivity contribution in [3.8, 4) is 0 Å². The average Bonchev–Trinajstić information content (AvgIpc) is 3.05. The summed E-state index contributed by atoms with van der Waals surface area (Å²) in [6.45, 7) is 7.44. The van der Waals surface area contributed by atoms with E-state index in [0.29, 0.717) is 4.80 Å². The summed E-state index contributed by atoms with van der Waals surface area (Å²) in [6.07, 6.45) is 0. The molecule has 3 rings (SSSR count). The Balaban J connectivity index is 2.09. The van der Waals surface area contributed by atoms with E-state index in [4.69, 9.17) is 4.74 Å². The summed E-state index contributed by atoms with van der Waals surface area (Å²) in [5, 5.41) is 0. The molecule has 0 aliphatic heterocycles. The van der Waals surface area contributed by atoms with Crippen molar-refractivity contribution in [2.24, 2.45) is 4.99 Å². The van der Waals surface area contributed by atoms with Crippen LogP contribution in [0.5, 0.6) is 0 Å². The first-order chi connectivity index (χ1) is 14.7. The maximum absolute atomic E-state index is 12.8. The Morgan fingerprint density at radius 3 is 2.39 bits per heavy atom. The summed E-state index contributed by atoms with van der Waals surface area (Å²) in [4.78, 5) is 29.8. The smallest absolute Gasteiger partial charge is 0.326 e. The number of nitrogens with zero attached hydrogens (tertiary/aromatic N) is 2. The zero-order chi connectivity index (χ0) is 22.8. The predicted octanol–water partition coefficient (Wildman–Crippen LogP) is 3.42. The second-order valence-corrected chi connectivity index (χ2v) is 10.3. The number of aryl methyl sites for hydroxylation is 2. The molecule has 1 amide bonds. The van der Waals surface area contributed by atoms with E-state index in [0.717, 1.165) is 21.3 Å². The van der Waals surface area contributed by atoms with Crippen molar-refractivity contribution >= 4 is 43.3 Å². The minimum atomic E-state index is -3.35. The van der Waals surface area contributed by atoms with Gasteiger partial charge in [-0.05, 0) is 62.2 Å². The van der Waals surface area contributed by atoms with Gasteiger partial charge in [-0.2, -0.15) is 4.99 Å². The van der Waals surface area contributed by atoms with Crippen molar-refractivity contribution in [1.29, 1.82) is 0 Å². The predicted molar refractivity (Wildman–Crippen MR) is 120 cm³/mol. The Hall–Kier alpha value is -2.78. The maximum Gasteiger partial charge on any atom is 0.326 e. The number of sulfone groups is 1. The molecule has 0 unspecified atom stereocenters. The van der Waals surface area contributed by atoms with Crippen molar-refractivity contribution in [3.63, 3.8) is 0 Å². The van der Waals surface area contributed by atoms with E-state index < -0.39 is 21.7 Å². The molecule has 9 heteroatoms. The van der Waals surface area contributed by atoms with Crippen LogP contribution < -0.4 is 4.80 Å². The molecule has 0 spiro atoms. The first-order valence-electron chi connectivity index (χ1n) is 9.84. The van der Waals surface area contributed by atoms with Gasteiger partial charge < -0.3 is 9.30 Å². The van der Waals surface area contributed by atoms with Gasteiger partial charge in [-0.25, -0.2) is 8.42 Å². The van der Waals surface area contributed by atoms with Crippen LogP contribution in [0, 0.1) is 13.8 Å². The highest BCUT2D eigenvalue weighted by molar-refractivity contribution is 7.91. The molecular weight excluding hydrogens is 436 g/mol. The summed E-state index contributed by atoms with van der Waals surface area (Å²) < 4.78 is 31.7. The molecule has 7 nitrogen and oxygen atoms in total. The number of carbonyl (C=O) groups is 2. The van der Waals surface area contributed by atoms with Gasteiger partial charge in [0.05, 0.1) is 27.5 Å². The number of thiazole rings is 1. The lowest BCUT2D eigenvalue weighted by Gasteiger charge is -2.06. The Labute approximate surface area is 184 Å². The van der Waals surface area contributed by atoms with Crippen molar-refractivity contribution in [3.05, 3.63) is 57.9 Å². The monoisotopic (exact) mass is 460 g/mol. The van der Waals surface area contributed by atoms with Gasteiger partial charge >= 0.3 is 5.97 Å². The van der Waals surface area contributed by atoms with E-state index in [2.05, 4.69) is 4.99 Å². The summed E-state index contributed by atoms with van der Waals surface area (Å²) in [5.74, 6) is -0.942. The minimum absolute atomic E-state index is 0.0148. The lowest BCUT2D eigenvalue weighted by atomic mass is 10.1. The van der Waals surface area contributed by atoms with Crippen LogP contribution in [-0.4, -0.2) is 37.2 Å². The molecule has 0 saturated heterocycles. The molecule has 0 saturated carbocycles. The van der Waals surface area contributed by atoms with Crippen LogP contribution >= 0.6 is 11.3 Å². The Morgan fingerprint density at radius 2 is 1.77 bits per heavy atom. The fourth-order valence-corrected chi connectivity index (χ4v) is 5.17. The van der Waals surface area contributed by atoms with E-state index in [9.17, 15) is 18.0 Å². The molecule has 31 heavy (non-hydrogen) atoms. The average molecular weight is 461 g/mol.